The summed E-state index contributed by atoms with van der Waals surface area (Å²) >= 11 is 12.2. The Morgan fingerprint density at radius 2 is 1.69 bits per heavy atom. The van der Waals surface area contributed by atoms with Crippen molar-refractivity contribution < 1.29 is 8.78 Å². The van der Waals surface area contributed by atoms with Crippen LogP contribution in [-0.4, -0.2) is 25.2 Å². The molecule has 4 rings (SSSR count). The average Bonchev–Trinajstić information content (AvgIpc) is 3.17. The Labute approximate surface area is 172 Å². The molecule has 4 aromatic rings. The molecule has 0 aliphatic carbocycles. The normalized spacial score (nSPS) is 11.0. The summed E-state index contributed by atoms with van der Waals surface area (Å²) in [6.45, 7) is 0. The van der Waals surface area contributed by atoms with Crippen LogP contribution in [0.1, 0.15) is 0 Å². The highest BCUT2D eigenvalue weighted by atomic mass is 35.5. The zero-order valence-corrected chi connectivity index (χ0v) is 16.0. The first kappa shape index (κ1) is 19.0. The van der Waals surface area contributed by atoms with Crippen LogP contribution in [0.2, 0.25) is 10.0 Å². The lowest BCUT2D eigenvalue weighted by Crippen LogP contribution is -2.06. The molecular formula is C18H11Cl2F2N7. The molecule has 2 heterocycles. The van der Waals surface area contributed by atoms with Crippen molar-refractivity contribution in [1.82, 2.24) is 25.2 Å². The van der Waals surface area contributed by atoms with E-state index in [2.05, 4.69) is 20.5 Å². The second-order valence-corrected chi connectivity index (χ2v) is 6.81. The van der Waals surface area contributed by atoms with Crippen LogP contribution < -0.4 is 11.5 Å². The number of aromatic nitrogens is 5. The molecule has 0 saturated carbocycles. The second kappa shape index (κ2) is 7.26. The van der Waals surface area contributed by atoms with Gasteiger partial charge >= 0.3 is 0 Å². The summed E-state index contributed by atoms with van der Waals surface area (Å²) in [7, 11) is 0. The van der Waals surface area contributed by atoms with E-state index >= 15 is 0 Å². The highest BCUT2D eigenvalue weighted by molar-refractivity contribution is 6.39. The minimum absolute atomic E-state index is 0.0778. The first-order chi connectivity index (χ1) is 13.9. The molecule has 0 atom stereocenters. The predicted molar refractivity (Wildman–Crippen MR) is 107 cm³/mol. The van der Waals surface area contributed by atoms with Gasteiger partial charge in [0.15, 0.2) is 17.5 Å². The molecule has 0 fully saturated rings. The van der Waals surface area contributed by atoms with Crippen molar-refractivity contribution in [2.75, 3.05) is 11.5 Å². The minimum atomic E-state index is -1.10. The fraction of sp³-hybridized carbons (Fsp3) is 0. The third-order valence-electron chi connectivity index (χ3n) is 4.20. The molecule has 2 aromatic heterocycles. The monoisotopic (exact) mass is 433 g/mol. The summed E-state index contributed by atoms with van der Waals surface area (Å²) in [6, 6.07) is 8.55. The Morgan fingerprint density at radius 3 is 2.41 bits per heavy atom. The number of nitrogens with two attached hydrogens (primary N) is 2. The number of hydrogen-bond acceptors (Lipinski definition) is 6. The van der Waals surface area contributed by atoms with Crippen LogP contribution in [0.3, 0.4) is 0 Å². The van der Waals surface area contributed by atoms with Crippen LogP contribution >= 0.6 is 23.2 Å². The molecule has 29 heavy (non-hydrogen) atoms. The quantitative estimate of drug-likeness (QED) is 0.469. The highest BCUT2D eigenvalue weighted by Crippen LogP contribution is 2.35. The summed E-state index contributed by atoms with van der Waals surface area (Å²) in [5.41, 5.74) is 13.4. The standard InChI is InChI=1S/C18H11Cl2F2N7/c19-11-5-8(6-12(20)16(11)23)9-4-10(17(24)25-7-9)18-26-27-28-29(18)14-3-1-2-13(21)15(14)22/h1-7H,23H2,(H2,24,25). The number of nitrogen functional groups attached to an aromatic ring is 2. The first-order valence-corrected chi connectivity index (χ1v) is 8.86. The molecule has 0 spiro atoms. The van der Waals surface area contributed by atoms with Gasteiger partial charge in [0, 0.05) is 11.8 Å². The van der Waals surface area contributed by atoms with Crippen LogP contribution in [0.25, 0.3) is 28.2 Å². The van der Waals surface area contributed by atoms with Crippen LogP contribution in [0.4, 0.5) is 20.3 Å². The van der Waals surface area contributed by atoms with Gasteiger partial charge in [-0.05, 0) is 46.3 Å². The lowest BCUT2D eigenvalue weighted by atomic mass is 10.0. The molecule has 0 amide bonds. The topological polar surface area (TPSA) is 109 Å². The third kappa shape index (κ3) is 3.34. The van der Waals surface area contributed by atoms with E-state index < -0.39 is 11.6 Å². The van der Waals surface area contributed by atoms with E-state index in [1.54, 1.807) is 18.2 Å². The van der Waals surface area contributed by atoms with Gasteiger partial charge in [-0.2, -0.15) is 4.68 Å². The van der Waals surface area contributed by atoms with Gasteiger partial charge in [0.2, 0.25) is 0 Å². The first-order valence-electron chi connectivity index (χ1n) is 8.10. The number of anilines is 2. The van der Waals surface area contributed by atoms with E-state index in [0.717, 1.165) is 10.7 Å². The van der Waals surface area contributed by atoms with Crippen molar-refractivity contribution in [3.8, 4) is 28.2 Å². The van der Waals surface area contributed by atoms with Crippen molar-refractivity contribution in [2.24, 2.45) is 0 Å². The second-order valence-electron chi connectivity index (χ2n) is 6.00. The van der Waals surface area contributed by atoms with Crippen molar-refractivity contribution >= 4 is 34.7 Å². The van der Waals surface area contributed by atoms with Crippen LogP contribution in [0, 0.1) is 11.6 Å². The summed E-state index contributed by atoms with van der Waals surface area (Å²) in [5, 5.41) is 11.8. The zero-order chi connectivity index (χ0) is 20.7. The predicted octanol–water partition coefficient (Wildman–Crippen LogP) is 4.14. The number of hydrogen-bond donors (Lipinski definition) is 2. The summed E-state index contributed by atoms with van der Waals surface area (Å²) < 4.78 is 28.9. The van der Waals surface area contributed by atoms with Gasteiger partial charge in [-0.1, -0.05) is 29.3 Å². The van der Waals surface area contributed by atoms with Crippen LogP contribution in [0.5, 0.6) is 0 Å². The van der Waals surface area contributed by atoms with Gasteiger partial charge in [0.1, 0.15) is 11.5 Å². The number of halogens is 4. The van der Waals surface area contributed by atoms with Crippen LogP contribution in [0.15, 0.2) is 42.6 Å². The third-order valence-corrected chi connectivity index (χ3v) is 4.83. The average molecular weight is 434 g/mol. The molecule has 2 aromatic carbocycles. The highest BCUT2D eigenvalue weighted by Gasteiger charge is 2.19. The number of rotatable bonds is 3. The summed E-state index contributed by atoms with van der Waals surface area (Å²) in [5.74, 6) is -1.96. The maximum absolute atomic E-state index is 14.3. The van der Waals surface area contributed by atoms with E-state index in [1.807, 2.05) is 0 Å². The molecule has 0 aliphatic heterocycles. The Hall–Kier alpha value is -3.30. The number of benzene rings is 2. The van der Waals surface area contributed by atoms with Crippen LogP contribution in [-0.2, 0) is 0 Å². The molecule has 0 bridgehead atoms. The Kier molecular flexibility index (Phi) is 4.77. The molecule has 4 N–H and O–H groups in total. The van der Waals surface area contributed by atoms with E-state index in [1.165, 1.54) is 18.3 Å². The summed E-state index contributed by atoms with van der Waals surface area (Å²) in [4.78, 5) is 4.15. The summed E-state index contributed by atoms with van der Waals surface area (Å²) in [6.07, 6.45) is 1.51. The fourth-order valence-corrected chi connectivity index (χ4v) is 3.22. The Balaban J connectivity index is 1.87. The molecule has 0 saturated heterocycles. The van der Waals surface area contributed by atoms with Gasteiger partial charge in [0.25, 0.3) is 0 Å². The maximum Gasteiger partial charge on any atom is 0.190 e. The molecule has 0 aliphatic rings. The Bertz CT molecular complexity index is 1220. The smallest absolute Gasteiger partial charge is 0.190 e. The van der Waals surface area contributed by atoms with E-state index in [9.17, 15) is 8.78 Å². The van der Waals surface area contributed by atoms with E-state index in [0.29, 0.717) is 16.7 Å². The number of nitrogens with zero attached hydrogens (tertiary/aromatic N) is 5. The SMILES string of the molecule is Nc1ncc(-c2cc(Cl)c(N)c(Cl)c2)cc1-c1nnnn1-c1cccc(F)c1F. The number of pyridine rings is 1. The van der Waals surface area contributed by atoms with E-state index in [4.69, 9.17) is 34.7 Å². The van der Waals surface area contributed by atoms with Gasteiger partial charge < -0.3 is 11.5 Å². The lowest BCUT2D eigenvalue weighted by Gasteiger charge is -2.11. The van der Waals surface area contributed by atoms with Gasteiger partial charge in [-0.3, -0.25) is 0 Å². The zero-order valence-electron chi connectivity index (χ0n) is 14.4. The molecule has 146 valence electrons. The van der Waals surface area contributed by atoms with Gasteiger partial charge in [0.05, 0.1) is 21.3 Å². The molecule has 0 unspecified atom stereocenters. The lowest BCUT2D eigenvalue weighted by molar-refractivity contribution is 0.501. The molecule has 11 heteroatoms. The number of tetrazole rings is 1. The molecular weight excluding hydrogens is 423 g/mol. The maximum atomic E-state index is 14.3. The molecule has 7 nitrogen and oxygen atoms in total. The largest absolute Gasteiger partial charge is 0.396 e. The Morgan fingerprint density at radius 1 is 0.966 bits per heavy atom. The molecule has 0 radical (unpaired) electrons. The van der Waals surface area contributed by atoms with Gasteiger partial charge in [-0.25, -0.2) is 13.8 Å². The van der Waals surface area contributed by atoms with Crippen molar-refractivity contribution in [3.05, 3.63) is 64.3 Å². The van der Waals surface area contributed by atoms with Crippen molar-refractivity contribution in [1.29, 1.82) is 0 Å². The fourth-order valence-electron chi connectivity index (χ4n) is 2.74. The van der Waals surface area contributed by atoms with Crippen molar-refractivity contribution in [3.63, 3.8) is 0 Å². The van der Waals surface area contributed by atoms with Gasteiger partial charge in [-0.15, -0.1) is 5.10 Å². The van der Waals surface area contributed by atoms with E-state index in [-0.39, 0.29) is 33.1 Å². The van der Waals surface area contributed by atoms with Crippen molar-refractivity contribution in [2.45, 2.75) is 0 Å². The minimum Gasteiger partial charge on any atom is -0.396 e.